The van der Waals surface area contributed by atoms with Crippen molar-refractivity contribution in [3.05, 3.63) is 41.9 Å². The Balaban J connectivity index is 1.66. The summed E-state index contributed by atoms with van der Waals surface area (Å²) in [5.74, 6) is -0.0224. The Kier molecular flexibility index (Phi) is 5.39. The fourth-order valence-corrected chi connectivity index (χ4v) is 3.24. The van der Waals surface area contributed by atoms with Gasteiger partial charge in [0.05, 0.1) is 23.9 Å². The highest BCUT2D eigenvalue weighted by molar-refractivity contribution is 5.90. The van der Waals surface area contributed by atoms with Crippen molar-refractivity contribution in [2.24, 2.45) is 0 Å². The Labute approximate surface area is 157 Å². The van der Waals surface area contributed by atoms with E-state index in [-0.39, 0.29) is 18.0 Å². The van der Waals surface area contributed by atoms with Gasteiger partial charge in [-0.15, -0.1) is 0 Å². The van der Waals surface area contributed by atoms with Gasteiger partial charge in [-0.25, -0.2) is 4.98 Å². The van der Waals surface area contributed by atoms with Gasteiger partial charge in [0.25, 0.3) is 5.89 Å². The van der Waals surface area contributed by atoms with Crippen molar-refractivity contribution < 1.29 is 9.21 Å². The number of nitriles is 2. The molecular weight excluding hydrogens is 344 g/mol. The molecule has 1 aromatic heterocycles. The minimum absolute atomic E-state index is 0.0353. The minimum Gasteiger partial charge on any atom is -0.432 e. The van der Waals surface area contributed by atoms with Crippen LogP contribution in [0.15, 0.2) is 34.9 Å². The van der Waals surface area contributed by atoms with Crippen LogP contribution in [0.5, 0.6) is 0 Å². The number of likely N-dealkylation sites (tertiary alicyclic amines) is 1. The number of hydrogen-bond acceptors (Lipinski definition) is 7. The average molecular weight is 364 g/mol. The standard InChI is InChI=1S/C19H20N6O2/c1-24(2)11-16-7-15(10-25(16)12-21)23-18(26)19-22-9-17(27-19)14-5-3-4-13(6-14)8-20/h3-6,9,15-16H,7,10-11H2,1-2H3,(H,23,26)/t15-,16+/m1/s1. The third kappa shape index (κ3) is 4.25. The lowest BCUT2D eigenvalue weighted by Gasteiger charge is -2.21. The maximum atomic E-state index is 12.5. The molecule has 0 aliphatic carbocycles. The maximum Gasteiger partial charge on any atom is 0.307 e. The van der Waals surface area contributed by atoms with Crippen molar-refractivity contribution in [3.8, 4) is 23.6 Å². The number of carbonyl (C=O) groups excluding carboxylic acids is 1. The van der Waals surface area contributed by atoms with E-state index < -0.39 is 5.91 Å². The van der Waals surface area contributed by atoms with Gasteiger partial charge in [-0.05, 0) is 32.6 Å². The zero-order valence-corrected chi connectivity index (χ0v) is 15.2. The third-order valence-electron chi connectivity index (χ3n) is 4.43. The van der Waals surface area contributed by atoms with Crippen LogP contribution in [-0.4, -0.2) is 60.0 Å². The Hall–Kier alpha value is -3.36. The van der Waals surface area contributed by atoms with Crippen molar-refractivity contribution in [1.82, 2.24) is 20.1 Å². The highest BCUT2D eigenvalue weighted by atomic mass is 16.4. The summed E-state index contributed by atoms with van der Waals surface area (Å²) in [5.41, 5.74) is 1.19. The average Bonchev–Trinajstić information content (AvgIpc) is 3.28. The molecule has 2 aromatic rings. The summed E-state index contributed by atoms with van der Waals surface area (Å²) in [7, 11) is 3.91. The molecule has 3 rings (SSSR count). The Morgan fingerprint density at radius 2 is 2.26 bits per heavy atom. The molecule has 1 aliphatic rings. The summed E-state index contributed by atoms with van der Waals surface area (Å²) in [5, 5.41) is 21.2. The van der Waals surface area contributed by atoms with Crippen LogP contribution in [0.4, 0.5) is 0 Å². The fraction of sp³-hybridized carbons (Fsp3) is 0.368. The summed E-state index contributed by atoms with van der Waals surface area (Å²) in [4.78, 5) is 20.2. The smallest absolute Gasteiger partial charge is 0.307 e. The van der Waals surface area contributed by atoms with Crippen molar-refractivity contribution >= 4 is 5.91 Å². The summed E-state index contributed by atoms with van der Waals surface area (Å²) in [6.45, 7) is 1.22. The van der Waals surface area contributed by atoms with Gasteiger partial charge in [-0.3, -0.25) is 4.79 Å². The molecule has 27 heavy (non-hydrogen) atoms. The lowest BCUT2D eigenvalue weighted by atomic mass is 10.1. The lowest BCUT2D eigenvalue weighted by Crippen LogP contribution is -2.36. The van der Waals surface area contributed by atoms with Crippen molar-refractivity contribution in [1.29, 1.82) is 10.5 Å². The molecule has 0 unspecified atom stereocenters. The van der Waals surface area contributed by atoms with Gasteiger partial charge >= 0.3 is 5.91 Å². The molecule has 0 bridgehead atoms. The van der Waals surface area contributed by atoms with E-state index in [4.69, 9.17) is 9.68 Å². The molecule has 2 heterocycles. The topological polar surface area (TPSA) is 109 Å². The van der Waals surface area contributed by atoms with Crippen LogP contribution in [0.1, 0.15) is 22.7 Å². The molecule has 1 fully saturated rings. The molecule has 1 amide bonds. The quantitative estimate of drug-likeness (QED) is 0.799. The van der Waals surface area contributed by atoms with Gasteiger partial charge < -0.3 is 19.5 Å². The molecule has 2 atom stereocenters. The van der Waals surface area contributed by atoms with Crippen LogP contribution in [0.2, 0.25) is 0 Å². The number of aromatic nitrogens is 1. The van der Waals surface area contributed by atoms with Crippen LogP contribution in [0, 0.1) is 22.8 Å². The van der Waals surface area contributed by atoms with E-state index in [1.807, 2.05) is 19.0 Å². The normalized spacial score (nSPS) is 18.9. The van der Waals surface area contributed by atoms with Crippen molar-refractivity contribution in [2.75, 3.05) is 27.2 Å². The first-order chi connectivity index (χ1) is 13.0. The fourth-order valence-electron chi connectivity index (χ4n) is 3.24. The van der Waals surface area contributed by atoms with E-state index in [0.29, 0.717) is 29.9 Å². The number of carbonyl (C=O) groups is 1. The number of hydrogen-bond donors (Lipinski definition) is 1. The molecule has 1 aliphatic heterocycles. The lowest BCUT2D eigenvalue weighted by molar-refractivity contribution is 0.0904. The molecule has 8 nitrogen and oxygen atoms in total. The molecule has 138 valence electrons. The third-order valence-corrected chi connectivity index (χ3v) is 4.43. The highest BCUT2D eigenvalue weighted by Crippen LogP contribution is 2.22. The van der Waals surface area contributed by atoms with Gasteiger partial charge in [0.1, 0.15) is 0 Å². The first-order valence-electron chi connectivity index (χ1n) is 8.58. The Morgan fingerprint density at radius 1 is 1.44 bits per heavy atom. The summed E-state index contributed by atoms with van der Waals surface area (Å²) in [6.07, 6.45) is 4.35. The van der Waals surface area contributed by atoms with Crippen LogP contribution in [0.25, 0.3) is 11.3 Å². The number of benzene rings is 1. The maximum absolute atomic E-state index is 12.5. The molecule has 1 N–H and O–H groups in total. The van der Waals surface area contributed by atoms with Gasteiger partial charge in [0.2, 0.25) is 0 Å². The predicted molar refractivity (Wildman–Crippen MR) is 97.2 cm³/mol. The second-order valence-corrected chi connectivity index (χ2v) is 6.80. The number of amides is 1. The predicted octanol–water partition coefficient (Wildman–Crippen LogP) is 1.43. The van der Waals surface area contributed by atoms with Gasteiger partial charge in [-0.2, -0.15) is 10.5 Å². The van der Waals surface area contributed by atoms with Crippen LogP contribution in [-0.2, 0) is 0 Å². The van der Waals surface area contributed by atoms with Crippen molar-refractivity contribution in [2.45, 2.75) is 18.5 Å². The SMILES string of the molecule is CN(C)C[C@@H]1C[C@@H](NC(=O)c2ncc(-c3cccc(C#N)c3)o2)CN1C#N. The Bertz CT molecular complexity index is 907. The summed E-state index contributed by atoms with van der Waals surface area (Å²) < 4.78 is 5.57. The van der Waals surface area contributed by atoms with E-state index in [0.717, 1.165) is 6.54 Å². The second kappa shape index (κ2) is 7.90. The Morgan fingerprint density at radius 3 is 2.96 bits per heavy atom. The van der Waals surface area contributed by atoms with Gasteiger partial charge in [0.15, 0.2) is 12.0 Å². The molecule has 1 saturated heterocycles. The first kappa shape index (κ1) is 18.4. The molecule has 0 saturated carbocycles. The van der Waals surface area contributed by atoms with Crippen LogP contribution in [0.3, 0.4) is 0 Å². The van der Waals surface area contributed by atoms with E-state index >= 15 is 0 Å². The first-order valence-corrected chi connectivity index (χ1v) is 8.58. The molecule has 0 spiro atoms. The van der Waals surface area contributed by atoms with Gasteiger partial charge in [0, 0.05) is 24.7 Å². The van der Waals surface area contributed by atoms with Crippen molar-refractivity contribution in [3.63, 3.8) is 0 Å². The molecule has 0 radical (unpaired) electrons. The van der Waals surface area contributed by atoms with E-state index in [9.17, 15) is 10.1 Å². The number of nitrogens with one attached hydrogen (secondary N) is 1. The summed E-state index contributed by atoms with van der Waals surface area (Å²) >= 11 is 0. The molecular formula is C19H20N6O2. The largest absolute Gasteiger partial charge is 0.432 e. The second-order valence-electron chi connectivity index (χ2n) is 6.80. The van der Waals surface area contributed by atoms with E-state index in [1.165, 1.54) is 6.20 Å². The zero-order valence-electron chi connectivity index (χ0n) is 15.2. The van der Waals surface area contributed by atoms with E-state index in [2.05, 4.69) is 22.6 Å². The number of rotatable bonds is 5. The monoisotopic (exact) mass is 364 g/mol. The minimum atomic E-state index is -0.411. The van der Waals surface area contributed by atoms with Crippen LogP contribution >= 0.6 is 0 Å². The zero-order chi connectivity index (χ0) is 19.4. The molecule has 8 heteroatoms. The molecule has 1 aromatic carbocycles. The van der Waals surface area contributed by atoms with Gasteiger partial charge in [-0.1, -0.05) is 12.1 Å². The number of oxazole rings is 1. The van der Waals surface area contributed by atoms with Crippen LogP contribution < -0.4 is 5.32 Å². The number of likely N-dealkylation sites (N-methyl/N-ethyl adjacent to an activating group) is 1. The summed E-state index contributed by atoms with van der Waals surface area (Å²) in [6, 6.07) is 8.90. The number of nitrogens with zero attached hydrogens (tertiary/aromatic N) is 5. The van der Waals surface area contributed by atoms with E-state index in [1.54, 1.807) is 29.2 Å². The highest BCUT2D eigenvalue weighted by Gasteiger charge is 2.33.